The molecule has 1 aromatic heterocycles. The lowest BCUT2D eigenvalue weighted by Crippen LogP contribution is -2.38. The molecule has 1 atom stereocenters. The van der Waals surface area contributed by atoms with E-state index >= 15 is 0 Å². The molecular formula is C31H33ClN2O6S. The highest BCUT2D eigenvalue weighted by atomic mass is 35.5. The lowest BCUT2D eigenvalue weighted by molar-refractivity contribution is -0.137. The number of nitrogens with zero attached hydrogens (tertiary/aromatic N) is 2. The standard InChI is InChI=1S/C21H25ClN2O3.C10H8O3S/c22-17-8-6-16(7-9-17)21(19-4-1-2-12-23-19)27-18-10-14-24(15-11-18)13-3-5-20(25)26;11-14(12,13)10-6-5-8-3-1-2-4-9(8)7-10/h1-2,4,6-9,12,18,21H,3,5,10-11,13-15H2,(H,25,26);1-7H,(H,11,12,13)/t21-;/m0./s1. The molecule has 1 fully saturated rings. The highest BCUT2D eigenvalue weighted by Crippen LogP contribution is 2.30. The summed E-state index contributed by atoms with van der Waals surface area (Å²) in [6, 6.07) is 25.4. The van der Waals surface area contributed by atoms with Gasteiger partial charge in [0, 0.05) is 30.7 Å². The van der Waals surface area contributed by atoms with Crippen molar-refractivity contribution in [3.8, 4) is 0 Å². The Morgan fingerprint density at radius 3 is 2.29 bits per heavy atom. The number of carbonyl (C=O) groups is 1. The third-order valence-corrected chi connectivity index (χ3v) is 7.98. The van der Waals surface area contributed by atoms with Gasteiger partial charge in [0.05, 0.1) is 16.7 Å². The second-order valence-corrected chi connectivity index (χ2v) is 11.7. The van der Waals surface area contributed by atoms with Crippen molar-refractivity contribution in [3.63, 3.8) is 0 Å². The van der Waals surface area contributed by atoms with Crippen LogP contribution >= 0.6 is 11.6 Å². The highest BCUT2D eigenvalue weighted by Gasteiger charge is 2.25. The molecular weight excluding hydrogens is 564 g/mol. The summed E-state index contributed by atoms with van der Waals surface area (Å²) in [4.78, 5) is 17.4. The molecule has 4 aromatic rings. The summed E-state index contributed by atoms with van der Waals surface area (Å²) in [5.74, 6) is -0.727. The smallest absolute Gasteiger partial charge is 0.303 e. The Morgan fingerprint density at radius 2 is 1.66 bits per heavy atom. The summed E-state index contributed by atoms with van der Waals surface area (Å²) in [5, 5.41) is 11.2. The number of piperidine rings is 1. The first-order chi connectivity index (χ1) is 19.7. The van der Waals surface area contributed by atoms with Crippen molar-refractivity contribution in [1.82, 2.24) is 9.88 Å². The van der Waals surface area contributed by atoms with Gasteiger partial charge in [-0.1, -0.05) is 60.1 Å². The summed E-state index contributed by atoms with van der Waals surface area (Å²) in [7, 11) is -4.09. The van der Waals surface area contributed by atoms with Crippen LogP contribution in [0.25, 0.3) is 10.8 Å². The Kier molecular flexibility index (Phi) is 10.8. The van der Waals surface area contributed by atoms with Crippen LogP contribution in [0.4, 0.5) is 0 Å². The van der Waals surface area contributed by atoms with Crippen LogP contribution in [0.2, 0.25) is 5.02 Å². The highest BCUT2D eigenvalue weighted by molar-refractivity contribution is 7.85. The number of carboxylic acids is 1. The minimum absolute atomic E-state index is 0.0730. The lowest BCUT2D eigenvalue weighted by Gasteiger charge is -2.34. The van der Waals surface area contributed by atoms with Gasteiger partial charge in [-0.25, -0.2) is 0 Å². The molecule has 0 aliphatic carbocycles. The van der Waals surface area contributed by atoms with Crippen molar-refractivity contribution in [1.29, 1.82) is 0 Å². The van der Waals surface area contributed by atoms with Crippen molar-refractivity contribution in [2.45, 2.75) is 42.8 Å². The van der Waals surface area contributed by atoms with Crippen molar-refractivity contribution in [3.05, 3.63) is 107 Å². The Labute approximate surface area is 245 Å². The Bertz CT molecular complexity index is 1530. The molecule has 1 saturated heterocycles. The molecule has 1 aliphatic rings. The quantitative estimate of drug-likeness (QED) is 0.218. The van der Waals surface area contributed by atoms with Crippen LogP contribution in [0.1, 0.15) is 43.0 Å². The first-order valence-corrected chi connectivity index (χ1v) is 15.2. The molecule has 1 aliphatic heterocycles. The predicted octanol–water partition coefficient (Wildman–Crippen LogP) is 6.26. The molecule has 41 heavy (non-hydrogen) atoms. The van der Waals surface area contributed by atoms with Gasteiger partial charge in [-0.15, -0.1) is 0 Å². The van der Waals surface area contributed by atoms with Crippen LogP contribution in [-0.2, 0) is 19.6 Å². The first-order valence-electron chi connectivity index (χ1n) is 13.4. The summed E-state index contributed by atoms with van der Waals surface area (Å²) < 4.78 is 37.0. The molecule has 2 N–H and O–H groups in total. The molecule has 5 rings (SSSR count). The number of hydrogen-bond acceptors (Lipinski definition) is 6. The van der Waals surface area contributed by atoms with E-state index in [0.29, 0.717) is 11.4 Å². The number of aliphatic carboxylic acids is 1. The van der Waals surface area contributed by atoms with Crippen molar-refractivity contribution < 1.29 is 27.6 Å². The van der Waals surface area contributed by atoms with Crippen LogP contribution < -0.4 is 0 Å². The molecule has 0 spiro atoms. The number of fused-ring (bicyclic) bond motifs is 1. The first kappa shape index (κ1) is 30.6. The Morgan fingerprint density at radius 1 is 0.976 bits per heavy atom. The van der Waals surface area contributed by atoms with Crippen LogP contribution in [0.3, 0.4) is 0 Å². The Hall–Kier alpha value is -3.34. The minimum Gasteiger partial charge on any atom is -0.481 e. The van der Waals surface area contributed by atoms with Crippen molar-refractivity contribution >= 4 is 38.5 Å². The average Bonchev–Trinajstić information content (AvgIpc) is 2.97. The van der Waals surface area contributed by atoms with E-state index in [1.54, 1.807) is 18.3 Å². The van der Waals surface area contributed by atoms with E-state index in [1.807, 2.05) is 60.7 Å². The van der Waals surface area contributed by atoms with Crippen molar-refractivity contribution in [2.75, 3.05) is 19.6 Å². The van der Waals surface area contributed by atoms with Gasteiger partial charge in [-0.3, -0.25) is 14.3 Å². The third-order valence-electron chi connectivity index (χ3n) is 6.88. The number of rotatable bonds is 9. The third kappa shape index (κ3) is 9.34. The largest absolute Gasteiger partial charge is 0.481 e. The second-order valence-electron chi connectivity index (χ2n) is 9.84. The number of pyridine rings is 1. The normalized spacial score (nSPS) is 15.2. The summed E-state index contributed by atoms with van der Waals surface area (Å²) >= 11 is 6.03. The summed E-state index contributed by atoms with van der Waals surface area (Å²) in [6.07, 6.45) is 4.52. The van der Waals surface area contributed by atoms with Gasteiger partial charge in [0.2, 0.25) is 0 Å². The SMILES string of the molecule is O=C(O)CCCN1CCC(O[C@@H](c2ccc(Cl)cc2)c2ccccn2)CC1.O=S(=O)(O)c1ccc2ccccc2c1. The maximum Gasteiger partial charge on any atom is 0.303 e. The number of aromatic nitrogens is 1. The predicted molar refractivity (Wildman–Crippen MR) is 159 cm³/mol. The Balaban J connectivity index is 0.000000231. The maximum absolute atomic E-state index is 10.8. The molecule has 3 aromatic carbocycles. The van der Waals surface area contributed by atoms with Crippen LogP contribution in [-0.4, -0.2) is 59.7 Å². The molecule has 0 saturated carbocycles. The van der Waals surface area contributed by atoms with Gasteiger partial charge in [-0.05, 0) is 78.5 Å². The minimum atomic E-state index is -4.09. The number of likely N-dealkylation sites (tertiary alicyclic amines) is 1. The number of ether oxygens (including phenoxy) is 1. The van der Waals surface area contributed by atoms with E-state index < -0.39 is 16.1 Å². The lowest BCUT2D eigenvalue weighted by atomic mass is 10.0. The van der Waals surface area contributed by atoms with E-state index in [4.69, 9.17) is 26.0 Å². The van der Waals surface area contributed by atoms with Gasteiger partial charge >= 0.3 is 5.97 Å². The van der Waals surface area contributed by atoms with E-state index in [2.05, 4.69) is 9.88 Å². The van der Waals surface area contributed by atoms with Crippen LogP contribution in [0, 0.1) is 0 Å². The molecule has 216 valence electrons. The van der Waals surface area contributed by atoms with Gasteiger partial charge < -0.3 is 14.7 Å². The molecule has 0 radical (unpaired) electrons. The van der Waals surface area contributed by atoms with Crippen LogP contribution in [0.5, 0.6) is 0 Å². The second kappa shape index (κ2) is 14.5. The van der Waals surface area contributed by atoms with E-state index in [-0.39, 0.29) is 23.5 Å². The van der Waals surface area contributed by atoms with Crippen LogP contribution in [0.15, 0.2) is 96.0 Å². The molecule has 0 bridgehead atoms. The monoisotopic (exact) mass is 596 g/mol. The number of benzene rings is 3. The number of hydrogen-bond donors (Lipinski definition) is 2. The number of halogens is 1. The maximum atomic E-state index is 10.8. The molecule has 2 heterocycles. The molecule has 8 nitrogen and oxygen atoms in total. The zero-order valence-corrected chi connectivity index (χ0v) is 24.0. The molecule has 10 heteroatoms. The fraction of sp³-hybridized carbons (Fsp3) is 0.290. The van der Waals surface area contributed by atoms with Gasteiger partial charge in [0.25, 0.3) is 10.1 Å². The summed E-state index contributed by atoms with van der Waals surface area (Å²) in [5.41, 5.74) is 1.94. The van der Waals surface area contributed by atoms with Crippen molar-refractivity contribution in [2.24, 2.45) is 0 Å². The fourth-order valence-electron chi connectivity index (χ4n) is 4.73. The number of carboxylic acid groups (broad SMARTS) is 1. The van der Waals surface area contributed by atoms with E-state index in [0.717, 1.165) is 54.5 Å². The average molecular weight is 597 g/mol. The van der Waals surface area contributed by atoms with Gasteiger partial charge in [0.15, 0.2) is 0 Å². The topological polar surface area (TPSA) is 117 Å². The molecule has 0 amide bonds. The zero-order valence-electron chi connectivity index (χ0n) is 22.5. The summed E-state index contributed by atoms with van der Waals surface area (Å²) in [6.45, 7) is 2.69. The van der Waals surface area contributed by atoms with Gasteiger partial charge in [0.1, 0.15) is 6.10 Å². The van der Waals surface area contributed by atoms with E-state index in [1.165, 1.54) is 12.1 Å². The fourth-order valence-corrected chi connectivity index (χ4v) is 5.37. The zero-order chi connectivity index (χ0) is 29.2. The van der Waals surface area contributed by atoms with E-state index in [9.17, 15) is 13.2 Å². The van der Waals surface area contributed by atoms with Gasteiger partial charge in [-0.2, -0.15) is 8.42 Å². The molecule has 0 unspecified atom stereocenters.